The average Bonchev–Trinajstić information content (AvgIpc) is 3.08. The second kappa shape index (κ2) is 7.21. The minimum atomic E-state index is -0.258. The summed E-state index contributed by atoms with van der Waals surface area (Å²) in [4.78, 5) is 28.3. The van der Waals surface area contributed by atoms with E-state index in [9.17, 15) is 9.59 Å². The molecule has 0 saturated carbocycles. The van der Waals surface area contributed by atoms with E-state index in [0.717, 1.165) is 12.8 Å². The predicted octanol–water partition coefficient (Wildman–Crippen LogP) is 1.02. The Morgan fingerprint density at radius 2 is 2.33 bits per heavy atom. The van der Waals surface area contributed by atoms with Gasteiger partial charge in [0.05, 0.1) is 0 Å². The lowest BCUT2D eigenvalue weighted by molar-refractivity contribution is -0.127. The molecule has 2 amide bonds. The highest BCUT2D eigenvalue weighted by Crippen LogP contribution is 2.11. The molecule has 114 valence electrons. The van der Waals surface area contributed by atoms with E-state index < -0.39 is 0 Å². The van der Waals surface area contributed by atoms with E-state index in [0.29, 0.717) is 30.3 Å². The molecule has 1 saturated heterocycles. The normalized spacial score (nSPS) is 18.0. The number of amides is 2. The Hall–Kier alpha value is -1.89. The molecule has 1 aromatic heterocycles. The molecule has 0 bridgehead atoms. The van der Waals surface area contributed by atoms with E-state index in [1.807, 2.05) is 6.92 Å². The number of thiocarbonyl (C=S) groups is 1. The molecular formula is C14H20N4O2S. The summed E-state index contributed by atoms with van der Waals surface area (Å²) in [5.74, 6) is -0.0913. The molecule has 0 aliphatic carbocycles. The van der Waals surface area contributed by atoms with Gasteiger partial charge in [-0.15, -0.1) is 0 Å². The van der Waals surface area contributed by atoms with Crippen molar-refractivity contribution < 1.29 is 9.59 Å². The third kappa shape index (κ3) is 3.81. The van der Waals surface area contributed by atoms with E-state index in [1.54, 1.807) is 23.2 Å². The van der Waals surface area contributed by atoms with Crippen LogP contribution in [0.15, 0.2) is 18.3 Å². The second-order valence-corrected chi connectivity index (χ2v) is 5.36. The lowest BCUT2D eigenvalue weighted by Crippen LogP contribution is -2.32. The van der Waals surface area contributed by atoms with Gasteiger partial charge >= 0.3 is 0 Å². The number of H-pyrrole nitrogens is 1. The van der Waals surface area contributed by atoms with E-state index in [2.05, 4.69) is 15.6 Å². The summed E-state index contributed by atoms with van der Waals surface area (Å²) >= 11 is 5.15. The standard InChI is InChI=1S/C14H20N4O2S/c1-2-9-18-13(20)11(17-14(18)21)6-4-8-16-12(19)10-5-3-7-15-10/h3,5,7,11,15H,2,4,6,8-9H2,1H3,(H,16,19)(H,17,21). The van der Waals surface area contributed by atoms with E-state index in [-0.39, 0.29) is 17.9 Å². The zero-order chi connectivity index (χ0) is 15.2. The smallest absolute Gasteiger partial charge is 0.267 e. The Morgan fingerprint density at radius 3 is 3.00 bits per heavy atom. The summed E-state index contributed by atoms with van der Waals surface area (Å²) in [5.41, 5.74) is 0.542. The van der Waals surface area contributed by atoms with Crippen LogP contribution in [0.2, 0.25) is 0 Å². The van der Waals surface area contributed by atoms with Gasteiger partial charge in [0.25, 0.3) is 11.8 Å². The molecule has 1 unspecified atom stereocenters. The van der Waals surface area contributed by atoms with Gasteiger partial charge in [-0.2, -0.15) is 0 Å². The molecule has 1 aliphatic heterocycles. The van der Waals surface area contributed by atoms with Gasteiger partial charge in [-0.1, -0.05) is 6.92 Å². The van der Waals surface area contributed by atoms with Crippen LogP contribution < -0.4 is 10.6 Å². The number of hydrogen-bond donors (Lipinski definition) is 3. The van der Waals surface area contributed by atoms with Crippen LogP contribution >= 0.6 is 12.2 Å². The first-order chi connectivity index (χ1) is 10.1. The number of carbonyl (C=O) groups is 2. The van der Waals surface area contributed by atoms with Gasteiger partial charge in [-0.05, 0) is 43.6 Å². The summed E-state index contributed by atoms with van der Waals surface area (Å²) in [6, 6.07) is 3.24. The molecule has 1 aromatic rings. The maximum absolute atomic E-state index is 12.1. The fraction of sp³-hybridized carbons (Fsp3) is 0.500. The molecule has 6 nitrogen and oxygen atoms in total. The Kier molecular flexibility index (Phi) is 5.32. The topological polar surface area (TPSA) is 77.2 Å². The summed E-state index contributed by atoms with van der Waals surface area (Å²) in [7, 11) is 0. The Bertz CT molecular complexity index is 515. The first-order valence-electron chi connectivity index (χ1n) is 7.17. The largest absolute Gasteiger partial charge is 0.357 e. The van der Waals surface area contributed by atoms with Crippen molar-refractivity contribution in [1.82, 2.24) is 20.5 Å². The molecule has 3 N–H and O–H groups in total. The lowest BCUT2D eigenvalue weighted by atomic mass is 10.1. The van der Waals surface area contributed by atoms with Crippen LogP contribution in [0.5, 0.6) is 0 Å². The summed E-state index contributed by atoms with van der Waals surface area (Å²) in [6.45, 7) is 3.20. The highest BCUT2D eigenvalue weighted by atomic mass is 32.1. The minimum Gasteiger partial charge on any atom is -0.357 e. The van der Waals surface area contributed by atoms with Gasteiger partial charge in [0.1, 0.15) is 11.7 Å². The SMILES string of the molecule is CCCN1C(=O)C(CCCNC(=O)c2ccc[nH]2)NC1=S. The molecular weight excluding hydrogens is 288 g/mol. The first-order valence-corrected chi connectivity index (χ1v) is 7.57. The zero-order valence-corrected chi connectivity index (χ0v) is 12.8. The summed E-state index contributed by atoms with van der Waals surface area (Å²) in [5, 5.41) is 6.37. The van der Waals surface area contributed by atoms with Gasteiger partial charge in [-0.3, -0.25) is 14.5 Å². The second-order valence-electron chi connectivity index (χ2n) is 4.97. The van der Waals surface area contributed by atoms with Gasteiger partial charge in [-0.25, -0.2) is 0 Å². The first kappa shape index (κ1) is 15.5. The van der Waals surface area contributed by atoms with Crippen LogP contribution in [0, 0.1) is 0 Å². The minimum absolute atomic E-state index is 0.0394. The molecule has 1 atom stereocenters. The fourth-order valence-electron chi connectivity index (χ4n) is 2.28. The summed E-state index contributed by atoms with van der Waals surface area (Å²) < 4.78 is 0. The van der Waals surface area contributed by atoms with Crippen LogP contribution in [0.3, 0.4) is 0 Å². The molecule has 2 rings (SSSR count). The fourth-order valence-corrected chi connectivity index (χ4v) is 2.61. The molecule has 0 radical (unpaired) electrons. The molecule has 1 fully saturated rings. The van der Waals surface area contributed by atoms with Crippen molar-refractivity contribution in [3.63, 3.8) is 0 Å². The molecule has 2 heterocycles. The number of aromatic nitrogens is 1. The van der Waals surface area contributed by atoms with Gasteiger partial charge in [0.15, 0.2) is 5.11 Å². The van der Waals surface area contributed by atoms with Crippen molar-refractivity contribution in [2.45, 2.75) is 32.2 Å². The number of nitrogens with zero attached hydrogens (tertiary/aromatic N) is 1. The molecule has 1 aliphatic rings. The number of carbonyl (C=O) groups excluding carboxylic acids is 2. The van der Waals surface area contributed by atoms with Crippen molar-refractivity contribution >= 4 is 29.1 Å². The van der Waals surface area contributed by atoms with E-state index >= 15 is 0 Å². The van der Waals surface area contributed by atoms with Crippen LogP contribution in [0.4, 0.5) is 0 Å². The van der Waals surface area contributed by atoms with Crippen LogP contribution in [-0.2, 0) is 4.79 Å². The number of nitrogens with one attached hydrogen (secondary N) is 3. The van der Waals surface area contributed by atoms with Gasteiger partial charge in [0.2, 0.25) is 0 Å². The van der Waals surface area contributed by atoms with E-state index in [4.69, 9.17) is 12.2 Å². The van der Waals surface area contributed by atoms with Crippen molar-refractivity contribution in [2.24, 2.45) is 0 Å². The van der Waals surface area contributed by atoms with E-state index in [1.165, 1.54) is 0 Å². The van der Waals surface area contributed by atoms with Crippen molar-refractivity contribution in [3.05, 3.63) is 24.0 Å². The Labute approximate surface area is 129 Å². The van der Waals surface area contributed by atoms with Crippen molar-refractivity contribution in [3.8, 4) is 0 Å². The van der Waals surface area contributed by atoms with Gasteiger partial charge < -0.3 is 15.6 Å². The highest BCUT2D eigenvalue weighted by Gasteiger charge is 2.33. The molecule has 0 aromatic carbocycles. The van der Waals surface area contributed by atoms with Crippen LogP contribution in [0.1, 0.15) is 36.7 Å². The third-order valence-corrected chi connectivity index (χ3v) is 3.69. The zero-order valence-electron chi connectivity index (χ0n) is 12.0. The summed E-state index contributed by atoms with van der Waals surface area (Å²) in [6.07, 6.45) is 3.97. The maximum Gasteiger partial charge on any atom is 0.267 e. The third-order valence-electron chi connectivity index (χ3n) is 3.35. The molecule has 7 heteroatoms. The Morgan fingerprint density at radius 1 is 1.52 bits per heavy atom. The van der Waals surface area contributed by atoms with Gasteiger partial charge in [0, 0.05) is 19.3 Å². The molecule has 21 heavy (non-hydrogen) atoms. The number of hydrogen-bond acceptors (Lipinski definition) is 3. The monoisotopic (exact) mass is 308 g/mol. The molecule has 0 spiro atoms. The maximum atomic E-state index is 12.1. The number of aromatic amines is 1. The predicted molar refractivity (Wildman–Crippen MR) is 83.9 cm³/mol. The quantitative estimate of drug-likeness (QED) is 0.519. The van der Waals surface area contributed by atoms with Crippen molar-refractivity contribution in [1.29, 1.82) is 0 Å². The lowest BCUT2D eigenvalue weighted by Gasteiger charge is -2.12. The number of rotatable bonds is 7. The Balaban J connectivity index is 1.71. The van der Waals surface area contributed by atoms with Crippen LogP contribution in [0.25, 0.3) is 0 Å². The average molecular weight is 308 g/mol. The van der Waals surface area contributed by atoms with Crippen LogP contribution in [-0.4, -0.2) is 45.9 Å². The highest BCUT2D eigenvalue weighted by molar-refractivity contribution is 7.80. The van der Waals surface area contributed by atoms with Crippen molar-refractivity contribution in [2.75, 3.05) is 13.1 Å².